The molecule has 1 saturated carbocycles. The first-order valence-corrected chi connectivity index (χ1v) is 13.5. The molecule has 0 radical (unpaired) electrons. The predicted octanol–water partition coefficient (Wildman–Crippen LogP) is -13.3. The van der Waals surface area contributed by atoms with E-state index in [1.807, 2.05) is 0 Å². The Hall–Kier alpha value is -0.930. The third kappa shape index (κ3) is 16.5. The van der Waals surface area contributed by atoms with E-state index in [0.717, 1.165) is 11.1 Å². The van der Waals surface area contributed by atoms with Gasteiger partial charge in [-0.15, -0.1) is 0 Å². The van der Waals surface area contributed by atoms with Gasteiger partial charge in [-0.05, 0) is 60.4 Å². The van der Waals surface area contributed by atoms with Crippen molar-refractivity contribution in [1.82, 2.24) is 0 Å². The summed E-state index contributed by atoms with van der Waals surface area (Å²) in [5.41, 5.74) is 4.07. The number of nitrogens with zero attached hydrogens (tertiary/aromatic N) is 2. The van der Waals surface area contributed by atoms with Crippen LogP contribution in [0.4, 0.5) is 11.4 Å². The minimum absolute atomic E-state index is 0. The van der Waals surface area contributed by atoms with Crippen LogP contribution in [-0.2, 0) is 24.0 Å². The summed E-state index contributed by atoms with van der Waals surface area (Å²) in [6, 6.07) is 14.0. The molecule has 0 atom stereocenters. The summed E-state index contributed by atoms with van der Waals surface area (Å²) >= 11 is 0. The van der Waals surface area contributed by atoms with Gasteiger partial charge in [0.25, 0.3) is 0 Å². The zero-order chi connectivity index (χ0) is 30.6. The maximum Gasteiger partial charge on any atom is 1.00 e. The van der Waals surface area contributed by atoms with Crippen LogP contribution >= 0.6 is 0 Å². The fourth-order valence-corrected chi connectivity index (χ4v) is 4.59. The quantitative estimate of drug-likeness (QED) is 0.122. The van der Waals surface area contributed by atoms with Gasteiger partial charge in [0, 0.05) is 98.3 Å². The summed E-state index contributed by atoms with van der Waals surface area (Å²) < 4.78 is 0. The topological polar surface area (TPSA) is 184 Å². The third-order valence-corrected chi connectivity index (χ3v) is 6.79. The molecule has 1 aliphatic rings. The Morgan fingerprint density at radius 3 is 1.02 bits per heavy atom. The van der Waals surface area contributed by atoms with Crippen molar-refractivity contribution < 1.29 is 163 Å². The normalized spacial score (nSPS) is 13.4. The fraction of sp³-hybridized carbons (Fsp3) is 0.323. The van der Waals surface area contributed by atoms with Crippen molar-refractivity contribution in [3.63, 3.8) is 0 Å². The summed E-state index contributed by atoms with van der Waals surface area (Å²) in [7, 11) is 0. The van der Waals surface area contributed by atoms with Crippen molar-refractivity contribution in [3.05, 3.63) is 70.8 Å². The summed E-state index contributed by atoms with van der Waals surface area (Å²) in [5.74, 6) is -5.04. The van der Waals surface area contributed by atoms with E-state index in [4.69, 9.17) is 0 Å². The molecule has 0 heterocycles. The SMILES string of the molecule is O=C([O-])CCN(CCC(=O)[O-])c1ccc(/C=C2\CC/C(=C\c3ccc(N(CCC(=O)[O-])CCC(=O)[O-])cc3)C2=O)cc1.[Na+].[Na+].[Na+].[Na+]. The Bertz CT molecular complexity index is 1240. The second kappa shape index (κ2) is 24.2. The number of ketones is 1. The van der Waals surface area contributed by atoms with Gasteiger partial charge < -0.3 is 49.4 Å². The van der Waals surface area contributed by atoms with Crippen LogP contribution in [0.25, 0.3) is 12.2 Å². The molecular formula is C31H30N2Na4O9. The van der Waals surface area contributed by atoms with Gasteiger partial charge in [0.2, 0.25) is 0 Å². The average Bonchev–Trinajstić information content (AvgIpc) is 3.27. The van der Waals surface area contributed by atoms with Crippen molar-refractivity contribution in [2.45, 2.75) is 38.5 Å². The van der Waals surface area contributed by atoms with Crippen LogP contribution in [0.5, 0.6) is 0 Å². The number of Topliss-reactive ketones (excluding diaryl/α,β-unsaturated/α-hetero) is 1. The van der Waals surface area contributed by atoms with Crippen LogP contribution < -0.4 is 148 Å². The average molecular weight is 667 g/mol. The fourth-order valence-electron chi connectivity index (χ4n) is 4.59. The number of rotatable bonds is 16. The number of hydrogen-bond acceptors (Lipinski definition) is 11. The number of aliphatic carboxylic acids is 4. The molecule has 2 aromatic rings. The molecule has 1 aliphatic carbocycles. The van der Waals surface area contributed by atoms with Crippen LogP contribution in [0.15, 0.2) is 59.7 Å². The largest absolute Gasteiger partial charge is 1.00 e. The minimum Gasteiger partial charge on any atom is -0.550 e. The van der Waals surface area contributed by atoms with Crippen LogP contribution in [0.1, 0.15) is 49.7 Å². The second-order valence-corrected chi connectivity index (χ2v) is 9.81. The third-order valence-electron chi connectivity index (χ3n) is 6.79. The number of carboxylic acid groups (broad SMARTS) is 4. The van der Waals surface area contributed by atoms with Gasteiger partial charge >= 0.3 is 118 Å². The van der Waals surface area contributed by atoms with Crippen molar-refractivity contribution in [1.29, 1.82) is 0 Å². The molecule has 0 N–H and O–H groups in total. The Morgan fingerprint density at radius 1 is 0.522 bits per heavy atom. The molecule has 0 unspecified atom stereocenters. The van der Waals surface area contributed by atoms with E-state index in [0.29, 0.717) is 35.4 Å². The molecule has 222 valence electrons. The first-order chi connectivity index (χ1) is 20.0. The van der Waals surface area contributed by atoms with Crippen LogP contribution in [0.3, 0.4) is 0 Å². The summed E-state index contributed by atoms with van der Waals surface area (Å²) in [5, 5.41) is 43.5. The van der Waals surface area contributed by atoms with E-state index in [1.54, 1.807) is 70.5 Å². The van der Waals surface area contributed by atoms with Crippen LogP contribution in [-0.4, -0.2) is 55.8 Å². The smallest absolute Gasteiger partial charge is 0.550 e. The standard InChI is InChI=1S/C31H34N2O9.4Na/c34-27(35)11-15-32(16-12-28(36)37)25-7-1-21(2-8-25)19-23-5-6-24(31(23)42)20-22-3-9-26(10-4-22)33(17-13-29(38)39)18-14-30(40)41;;;;/h1-4,7-10,19-20H,5-6,11-18H2,(H,34,35)(H,36,37)(H,38,39)(H,40,41);;;;/q;4*+1/p-4/b23-19+,24-20+;;;;. The summed E-state index contributed by atoms with van der Waals surface area (Å²) in [6.07, 6.45) is 3.65. The Morgan fingerprint density at radius 2 is 0.783 bits per heavy atom. The number of allylic oxidation sites excluding steroid dienone is 2. The monoisotopic (exact) mass is 666 g/mol. The molecule has 46 heavy (non-hydrogen) atoms. The number of anilines is 2. The maximum absolute atomic E-state index is 13.1. The van der Waals surface area contributed by atoms with Gasteiger partial charge in [-0.2, -0.15) is 0 Å². The van der Waals surface area contributed by atoms with Crippen molar-refractivity contribution in [2.75, 3.05) is 36.0 Å². The molecule has 0 saturated heterocycles. The summed E-state index contributed by atoms with van der Waals surface area (Å²) in [6.45, 7) is 0.339. The number of carbonyl (C=O) groups excluding carboxylic acids is 5. The van der Waals surface area contributed by atoms with Crippen LogP contribution in [0, 0.1) is 0 Å². The summed E-state index contributed by atoms with van der Waals surface area (Å²) in [4.78, 5) is 59.8. The molecule has 0 aliphatic heterocycles. The van der Waals surface area contributed by atoms with E-state index in [2.05, 4.69) is 0 Å². The van der Waals surface area contributed by atoms with Gasteiger partial charge in [0.1, 0.15) is 0 Å². The van der Waals surface area contributed by atoms with Crippen molar-refractivity contribution in [3.8, 4) is 0 Å². The molecule has 1 fully saturated rings. The van der Waals surface area contributed by atoms with Gasteiger partial charge in [-0.1, -0.05) is 24.3 Å². The van der Waals surface area contributed by atoms with E-state index < -0.39 is 23.9 Å². The Labute approximate surface area is 356 Å². The van der Waals surface area contributed by atoms with Crippen molar-refractivity contribution >= 4 is 53.2 Å². The van der Waals surface area contributed by atoms with Gasteiger partial charge in [0.15, 0.2) is 5.78 Å². The molecule has 2 aromatic carbocycles. The zero-order valence-electron chi connectivity index (χ0n) is 26.9. The van der Waals surface area contributed by atoms with E-state index in [9.17, 15) is 44.4 Å². The molecule has 0 aromatic heterocycles. The van der Waals surface area contributed by atoms with Gasteiger partial charge in [-0.3, -0.25) is 4.79 Å². The molecule has 0 amide bonds. The molecule has 0 bridgehead atoms. The molecular weight excluding hydrogens is 636 g/mol. The Kier molecular flexibility index (Phi) is 24.9. The molecule has 3 rings (SSSR count). The van der Waals surface area contributed by atoms with E-state index in [-0.39, 0.29) is 176 Å². The predicted molar refractivity (Wildman–Crippen MR) is 146 cm³/mol. The first kappa shape index (κ1) is 47.2. The maximum atomic E-state index is 13.1. The van der Waals surface area contributed by atoms with Crippen molar-refractivity contribution in [2.24, 2.45) is 0 Å². The molecule has 11 nitrogen and oxygen atoms in total. The van der Waals surface area contributed by atoms with E-state index >= 15 is 0 Å². The molecule has 0 spiro atoms. The van der Waals surface area contributed by atoms with Gasteiger partial charge in [0.05, 0.1) is 0 Å². The van der Waals surface area contributed by atoms with E-state index in [1.165, 1.54) is 0 Å². The number of carbonyl (C=O) groups is 5. The van der Waals surface area contributed by atoms with Gasteiger partial charge in [-0.25, -0.2) is 0 Å². The Balaban J connectivity index is 0. The second-order valence-electron chi connectivity index (χ2n) is 9.81. The number of benzene rings is 2. The number of carboxylic acids is 4. The first-order valence-electron chi connectivity index (χ1n) is 13.5. The van der Waals surface area contributed by atoms with Crippen LogP contribution in [0.2, 0.25) is 0 Å². The number of hydrogen-bond donors (Lipinski definition) is 0. The minimum atomic E-state index is -1.24. The molecule has 15 heteroatoms. The zero-order valence-corrected chi connectivity index (χ0v) is 34.9.